The number of anilines is 1. The van der Waals surface area contributed by atoms with Crippen LogP contribution < -0.4 is 4.72 Å². The average molecular weight is 235 g/mol. The molecule has 0 aliphatic heterocycles. The highest BCUT2D eigenvalue weighted by Crippen LogP contribution is 2.23. The van der Waals surface area contributed by atoms with Crippen molar-refractivity contribution in [3.63, 3.8) is 0 Å². The standard InChI is InChI=1S/C6H7BrN2OS/c1-11-9-5-3-2-4(10)6(7)8-5/h2-3,10H,1H3,(H,8,9). The van der Waals surface area contributed by atoms with E-state index in [1.165, 1.54) is 11.9 Å². The van der Waals surface area contributed by atoms with Gasteiger partial charge in [-0.3, -0.25) is 0 Å². The van der Waals surface area contributed by atoms with Gasteiger partial charge in [0.1, 0.15) is 16.2 Å². The second-order valence-corrected chi connectivity index (χ2v) is 3.18. The molecule has 0 aliphatic rings. The molecule has 1 rings (SSSR count). The van der Waals surface area contributed by atoms with Crippen LogP contribution in [0.25, 0.3) is 0 Å². The van der Waals surface area contributed by atoms with Gasteiger partial charge in [-0.05, 0) is 28.1 Å². The van der Waals surface area contributed by atoms with Crippen LogP contribution in [0.2, 0.25) is 0 Å². The number of hydrogen-bond acceptors (Lipinski definition) is 4. The highest BCUT2D eigenvalue weighted by atomic mass is 79.9. The number of halogens is 1. The van der Waals surface area contributed by atoms with Crippen LogP contribution in [0, 0.1) is 0 Å². The minimum Gasteiger partial charge on any atom is -0.505 e. The lowest BCUT2D eigenvalue weighted by molar-refractivity contribution is 0.469. The Morgan fingerprint density at radius 3 is 2.91 bits per heavy atom. The molecular formula is C6H7BrN2OS. The van der Waals surface area contributed by atoms with Crippen molar-refractivity contribution >= 4 is 33.7 Å². The molecule has 0 radical (unpaired) electrons. The summed E-state index contributed by atoms with van der Waals surface area (Å²) in [6.45, 7) is 0. The summed E-state index contributed by atoms with van der Waals surface area (Å²) in [5.74, 6) is 0.874. The Labute approximate surface area is 77.5 Å². The first-order valence-electron chi connectivity index (χ1n) is 2.88. The largest absolute Gasteiger partial charge is 0.505 e. The Balaban J connectivity index is 2.86. The molecule has 0 saturated heterocycles. The van der Waals surface area contributed by atoms with Crippen LogP contribution in [0.15, 0.2) is 16.7 Å². The molecule has 5 heteroatoms. The van der Waals surface area contributed by atoms with Gasteiger partial charge in [-0.2, -0.15) is 0 Å². The third-order valence-electron chi connectivity index (χ3n) is 1.04. The molecule has 1 aromatic heterocycles. The first-order valence-corrected chi connectivity index (χ1v) is 4.90. The molecule has 0 fully saturated rings. The SMILES string of the molecule is CSNc1ccc(O)c(Br)n1. The zero-order chi connectivity index (χ0) is 8.27. The average Bonchev–Trinajstić information content (AvgIpc) is 1.98. The van der Waals surface area contributed by atoms with E-state index in [0.717, 1.165) is 5.82 Å². The Morgan fingerprint density at radius 1 is 1.64 bits per heavy atom. The van der Waals surface area contributed by atoms with Crippen molar-refractivity contribution in [2.45, 2.75) is 0 Å². The van der Waals surface area contributed by atoms with Crippen LogP contribution in [0.5, 0.6) is 5.75 Å². The number of aromatic nitrogens is 1. The molecule has 0 spiro atoms. The van der Waals surface area contributed by atoms with Gasteiger partial charge in [0.25, 0.3) is 0 Å². The van der Waals surface area contributed by atoms with E-state index in [-0.39, 0.29) is 5.75 Å². The monoisotopic (exact) mass is 234 g/mol. The van der Waals surface area contributed by atoms with Crippen molar-refractivity contribution in [1.29, 1.82) is 0 Å². The fourth-order valence-electron chi connectivity index (χ4n) is 0.588. The second kappa shape index (κ2) is 3.82. The van der Waals surface area contributed by atoms with Gasteiger partial charge in [0.15, 0.2) is 0 Å². The van der Waals surface area contributed by atoms with Crippen molar-refractivity contribution in [3.8, 4) is 5.75 Å². The van der Waals surface area contributed by atoms with E-state index in [9.17, 15) is 0 Å². The maximum atomic E-state index is 9.07. The van der Waals surface area contributed by atoms with Gasteiger partial charge in [-0.1, -0.05) is 11.9 Å². The predicted octanol–water partition coefficient (Wildman–Crippen LogP) is 2.24. The fourth-order valence-corrected chi connectivity index (χ4v) is 1.23. The van der Waals surface area contributed by atoms with Crippen LogP contribution in [0.1, 0.15) is 0 Å². The maximum Gasteiger partial charge on any atom is 0.150 e. The third-order valence-corrected chi connectivity index (χ3v) is 2.03. The van der Waals surface area contributed by atoms with E-state index in [0.29, 0.717) is 4.60 Å². The smallest absolute Gasteiger partial charge is 0.150 e. The third kappa shape index (κ3) is 2.27. The molecule has 1 aromatic rings. The lowest BCUT2D eigenvalue weighted by Gasteiger charge is -2.01. The number of nitrogens with one attached hydrogen (secondary N) is 1. The van der Waals surface area contributed by atoms with Crippen molar-refractivity contribution in [1.82, 2.24) is 4.98 Å². The molecule has 0 aromatic carbocycles. The van der Waals surface area contributed by atoms with Crippen molar-refractivity contribution < 1.29 is 5.11 Å². The highest BCUT2D eigenvalue weighted by Gasteiger charge is 1.99. The van der Waals surface area contributed by atoms with E-state index >= 15 is 0 Å². The quantitative estimate of drug-likeness (QED) is 0.609. The topological polar surface area (TPSA) is 45.1 Å². The summed E-state index contributed by atoms with van der Waals surface area (Å²) in [4.78, 5) is 4.00. The van der Waals surface area contributed by atoms with Gasteiger partial charge in [-0.15, -0.1) is 0 Å². The van der Waals surface area contributed by atoms with E-state index in [2.05, 4.69) is 25.6 Å². The van der Waals surface area contributed by atoms with Gasteiger partial charge in [0.2, 0.25) is 0 Å². The molecule has 0 unspecified atom stereocenters. The van der Waals surface area contributed by atoms with Gasteiger partial charge in [0.05, 0.1) is 0 Å². The van der Waals surface area contributed by atoms with Crippen LogP contribution in [-0.4, -0.2) is 16.3 Å². The fraction of sp³-hybridized carbons (Fsp3) is 0.167. The normalized spacial score (nSPS) is 9.64. The molecular weight excluding hydrogens is 228 g/mol. The van der Waals surface area contributed by atoms with E-state index in [1.54, 1.807) is 12.1 Å². The lowest BCUT2D eigenvalue weighted by atomic mass is 10.4. The molecule has 3 nitrogen and oxygen atoms in total. The summed E-state index contributed by atoms with van der Waals surface area (Å²) >= 11 is 4.56. The minimum absolute atomic E-state index is 0.150. The number of nitrogens with zero attached hydrogens (tertiary/aromatic N) is 1. The summed E-state index contributed by atoms with van der Waals surface area (Å²) < 4.78 is 3.40. The Morgan fingerprint density at radius 2 is 2.36 bits per heavy atom. The first-order chi connectivity index (χ1) is 5.24. The predicted molar refractivity (Wildman–Crippen MR) is 50.7 cm³/mol. The highest BCUT2D eigenvalue weighted by molar-refractivity contribution is 9.10. The summed E-state index contributed by atoms with van der Waals surface area (Å²) in [6, 6.07) is 3.28. The zero-order valence-electron chi connectivity index (χ0n) is 5.84. The van der Waals surface area contributed by atoms with Crippen molar-refractivity contribution in [3.05, 3.63) is 16.7 Å². The molecule has 0 aliphatic carbocycles. The van der Waals surface area contributed by atoms with Gasteiger partial charge >= 0.3 is 0 Å². The zero-order valence-corrected chi connectivity index (χ0v) is 8.24. The Kier molecular flexibility index (Phi) is 3.02. The van der Waals surface area contributed by atoms with Crippen LogP contribution in [0.4, 0.5) is 5.82 Å². The minimum atomic E-state index is 0.150. The Bertz CT molecular complexity index is 256. The second-order valence-electron chi connectivity index (χ2n) is 1.81. The van der Waals surface area contributed by atoms with Gasteiger partial charge < -0.3 is 9.83 Å². The summed E-state index contributed by atoms with van der Waals surface area (Å²) in [6.07, 6.45) is 1.91. The summed E-state index contributed by atoms with van der Waals surface area (Å²) in [5, 5.41) is 9.07. The first kappa shape index (κ1) is 8.67. The van der Waals surface area contributed by atoms with Gasteiger partial charge in [0, 0.05) is 6.26 Å². The summed E-state index contributed by atoms with van der Waals surface area (Å²) in [5.41, 5.74) is 0. The molecule has 0 bridgehead atoms. The van der Waals surface area contributed by atoms with Crippen molar-refractivity contribution in [2.24, 2.45) is 0 Å². The molecule has 1 heterocycles. The number of hydrogen-bond donors (Lipinski definition) is 2. The lowest BCUT2D eigenvalue weighted by Crippen LogP contribution is -1.88. The molecule has 11 heavy (non-hydrogen) atoms. The molecule has 0 atom stereocenters. The van der Waals surface area contributed by atoms with Crippen LogP contribution >= 0.6 is 27.9 Å². The summed E-state index contributed by atoms with van der Waals surface area (Å²) in [7, 11) is 0. The van der Waals surface area contributed by atoms with Crippen molar-refractivity contribution in [2.75, 3.05) is 11.0 Å². The Hall–Kier alpha value is -0.420. The molecule has 2 N–H and O–H groups in total. The van der Waals surface area contributed by atoms with E-state index < -0.39 is 0 Å². The molecule has 60 valence electrons. The molecule has 0 amide bonds. The number of pyridine rings is 1. The van der Waals surface area contributed by atoms with Gasteiger partial charge in [-0.25, -0.2) is 4.98 Å². The maximum absolute atomic E-state index is 9.07. The molecule has 0 saturated carbocycles. The number of rotatable bonds is 2. The van der Waals surface area contributed by atoms with Crippen LogP contribution in [-0.2, 0) is 0 Å². The van der Waals surface area contributed by atoms with Crippen LogP contribution in [0.3, 0.4) is 0 Å². The van der Waals surface area contributed by atoms with E-state index in [1.807, 2.05) is 6.26 Å². The van der Waals surface area contributed by atoms with E-state index in [4.69, 9.17) is 5.11 Å². The number of aromatic hydroxyl groups is 1.